The topological polar surface area (TPSA) is 162 Å². The van der Waals surface area contributed by atoms with E-state index in [9.17, 15) is 14.4 Å². The van der Waals surface area contributed by atoms with Crippen molar-refractivity contribution in [2.24, 2.45) is 5.73 Å². The summed E-state index contributed by atoms with van der Waals surface area (Å²) >= 11 is 0. The van der Waals surface area contributed by atoms with Crippen molar-refractivity contribution in [3.8, 4) is 33.6 Å². The summed E-state index contributed by atoms with van der Waals surface area (Å²) < 4.78 is 5.17. The lowest BCUT2D eigenvalue weighted by atomic mass is 10.0. The van der Waals surface area contributed by atoms with E-state index in [1.54, 1.807) is 18.7 Å². The van der Waals surface area contributed by atoms with Crippen molar-refractivity contribution in [2.75, 3.05) is 19.7 Å². The molecule has 258 valence electrons. The number of hydrogen-bond donors (Lipinski definition) is 4. The van der Waals surface area contributed by atoms with E-state index >= 15 is 0 Å². The molecule has 2 aromatic heterocycles. The average molecular weight is 667 g/mol. The van der Waals surface area contributed by atoms with Crippen LogP contribution in [0, 0.1) is 0 Å². The number of unbranched alkanes of at least 4 members (excludes halogenated alkanes) is 1. The van der Waals surface area contributed by atoms with Gasteiger partial charge in [0.05, 0.1) is 48.5 Å². The van der Waals surface area contributed by atoms with E-state index in [0.29, 0.717) is 19.7 Å². The van der Waals surface area contributed by atoms with Crippen molar-refractivity contribution < 1.29 is 19.1 Å². The Balaban J connectivity index is 1.08. The number of aromatic nitrogens is 4. The van der Waals surface area contributed by atoms with Gasteiger partial charge in [0.25, 0.3) is 0 Å². The number of carbonyl (C=O) groups is 3. The molecule has 4 atom stereocenters. The third-order valence-corrected chi connectivity index (χ3v) is 9.44. The first-order chi connectivity index (χ1) is 23.7. The number of ether oxygens (including phenoxy) is 1. The lowest BCUT2D eigenvalue weighted by Gasteiger charge is -2.26. The number of nitrogens with two attached hydrogens (primary N) is 1. The van der Waals surface area contributed by atoms with Crippen molar-refractivity contribution in [2.45, 2.75) is 83.5 Å². The minimum absolute atomic E-state index is 0.0434. The van der Waals surface area contributed by atoms with Crippen LogP contribution in [0.2, 0.25) is 0 Å². The predicted octanol–water partition coefficient (Wildman–Crippen LogP) is 5.72. The first kappa shape index (κ1) is 33.9. The van der Waals surface area contributed by atoms with Crippen LogP contribution in [0.15, 0.2) is 60.9 Å². The number of alkyl carbamates (subject to hydrolysis) is 1. The summed E-state index contributed by atoms with van der Waals surface area (Å²) in [6.07, 6.45) is 8.25. The molecule has 4 heterocycles. The molecule has 0 aliphatic carbocycles. The molecular weight excluding hydrogens is 620 g/mol. The molecule has 0 saturated carbocycles. The number of nitrogens with zero attached hydrogens (tertiary/aromatic N) is 4. The van der Waals surface area contributed by atoms with Gasteiger partial charge in [0, 0.05) is 13.1 Å². The van der Waals surface area contributed by atoms with Gasteiger partial charge in [-0.15, -0.1) is 0 Å². The summed E-state index contributed by atoms with van der Waals surface area (Å²) in [6, 6.07) is 15.1. The second-order valence-corrected chi connectivity index (χ2v) is 13.0. The highest BCUT2D eigenvalue weighted by Gasteiger charge is 2.35. The maximum atomic E-state index is 13.2. The van der Waals surface area contributed by atoms with Crippen molar-refractivity contribution in [1.29, 1.82) is 0 Å². The van der Waals surface area contributed by atoms with E-state index in [-0.39, 0.29) is 23.9 Å². The molecular formula is C37H46N8O4. The smallest absolute Gasteiger partial charge is 0.407 e. The summed E-state index contributed by atoms with van der Waals surface area (Å²) in [4.78, 5) is 57.7. The van der Waals surface area contributed by atoms with Gasteiger partial charge in [0.2, 0.25) is 11.8 Å². The zero-order chi connectivity index (χ0) is 34.5. The SMILES string of the molecule is CCCCOC(=O)N[C@@H](C)C(=O)N1CCCC1c1ncc(-c2ccc(-c3ccc(-c4cnc([C@@H]5CCCN5C(=O)[C@H](C)N)[nH]4)cc3)cc2)[nH]1. The van der Waals surface area contributed by atoms with E-state index in [0.717, 1.165) is 83.8 Å². The summed E-state index contributed by atoms with van der Waals surface area (Å²) in [5, 5.41) is 2.67. The minimum Gasteiger partial charge on any atom is -0.450 e. The molecule has 2 aliphatic rings. The Hall–Kier alpha value is -4.97. The largest absolute Gasteiger partial charge is 0.450 e. The minimum atomic E-state index is -0.692. The second-order valence-electron chi connectivity index (χ2n) is 13.0. The summed E-state index contributed by atoms with van der Waals surface area (Å²) in [6.45, 7) is 7.09. The second kappa shape index (κ2) is 15.1. The van der Waals surface area contributed by atoms with Crippen molar-refractivity contribution in [3.05, 3.63) is 72.6 Å². The highest BCUT2D eigenvalue weighted by Crippen LogP contribution is 2.34. The molecule has 2 aromatic carbocycles. The normalized spacial score (nSPS) is 18.8. The molecule has 0 bridgehead atoms. The Bertz CT molecular complexity index is 1750. The van der Waals surface area contributed by atoms with Crippen LogP contribution < -0.4 is 11.1 Å². The number of likely N-dealkylation sites (tertiary alicyclic amines) is 2. The first-order valence-corrected chi connectivity index (χ1v) is 17.3. The zero-order valence-corrected chi connectivity index (χ0v) is 28.4. The molecule has 4 aromatic rings. The molecule has 2 fully saturated rings. The zero-order valence-electron chi connectivity index (χ0n) is 28.4. The van der Waals surface area contributed by atoms with Crippen molar-refractivity contribution in [3.63, 3.8) is 0 Å². The van der Waals surface area contributed by atoms with Crippen LogP contribution in [0.5, 0.6) is 0 Å². The highest BCUT2D eigenvalue weighted by atomic mass is 16.5. The fraction of sp³-hybridized carbons (Fsp3) is 0.432. The van der Waals surface area contributed by atoms with Gasteiger partial charge in [-0.1, -0.05) is 61.9 Å². The fourth-order valence-corrected chi connectivity index (χ4v) is 6.72. The lowest BCUT2D eigenvalue weighted by molar-refractivity contribution is -0.134. The molecule has 0 radical (unpaired) electrons. The average Bonchev–Trinajstić information content (AvgIpc) is 3.94. The molecule has 1 unspecified atom stereocenters. The van der Waals surface area contributed by atoms with Gasteiger partial charge in [-0.2, -0.15) is 0 Å². The highest BCUT2D eigenvalue weighted by molar-refractivity contribution is 5.86. The molecule has 2 saturated heterocycles. The number of imidazole rings is 2. The standard InChI is InChI=1S/C37H46N8O4/c1-4-5-20-49-37(48)41-24(3)36(47)45-19-7-9-32(45)34-40-22-30(43-34)28-16-12-26(13-17-28)25-10-14-27(15-11-25)29-21-39-33(42-29)31-8-6-18-44(31)35(46)23(2)38/h10-17,21-24,31-32H,4-9,18-20,38H2,1-3H3,(H,39,42)(H,40,43)(H,41,48)/t23-,24-,31-,32?/m0/s1. The summed E-state index contributed by atoms with van der Waals surface area (Å²) in [7, 11) is 0. The molecule has 0 spiro atoms. The van der Waals surface area contributed by atoms with Gasteiger partial charge in [-0.3, -0.25) is 9.59 Å². The van der Waals surface area contributed by atoms with Crippen LogP contribution in [-0.4, -0.2) is 79.4 Å². The Morgan fingerprint density at radius 2 is 1.29 bits per heavy atom. The number of H-pyrrole nitrogens is 2. The molecule has 5 N–H and O–H groups in total. The van der Waals surface area contributed by atoms with Crippen LogP contribution in [0.3, 0.4) is 0 Å². The molecule has 2 aliphatic heterocycles. The van der Waals surface area contributed by atoms with Gasteiger partial charge in [-0.25, -0.2) is 14.8 Å². The number of hydrogen-bond acceptors (Lipinski definition) is 7. The van der Waals surface area contributed by atoms with Crippen LogP contribution >= 0.6 is 0 Å². The van der Waals surface area contributed by atoms with Crippen LogP contribution in [0.25, 0.3) is 33.6 Å². The van der Waals surface area contributed by atoms with E-state index < -0.39 is 18.2 Å². The first-order valence-electron chi connectivity index (χ1n) is 17.3. The Labute approximate surface area is 286 Å². The third-order valence-electron chi connectivity index (χ3n) is 9.44. The van der Waals surface area contributed by atoms with E-state index in [1.165, 1.54) is 0 Å². The van der Waals surface area contributed by atoms with Gasteiger partial charge < -0.3 is 35.6 Å². The maximum absolute atomic E-state index is 13.2. The van der Waals surface area contributed by atoms with Crippen LogP contribution in [0.1, 0.15) is 83.0 Å². The molecule has 12 heteroatoms. The third kappa shape index (κ3) is 7.54. The van der Waals surface area contributed by atoms with E-state index in [2.05, 4.69) is 73.8 Å². The molecule has 49 heavy (non-hydrogen) atoms. The monoisotopic (exact) mass is 666 g/mol. The molecule has 3 amide bonds. The number of amides is 3. The van der Waals surface area contributed by atoms with Crippen molar-refractivity contribution >= 4 is 17.9 Å². The number of aromatic amines is 2. The van der Waals surface area contributed by atoms with Gasteiger partial charge >= 0.3 is 6.09 Å². The number of nitrogens with one attached hydrogen (secondary N) is 3. The maximum Gasteiger partial charge on any atom is 0.407 e. The van der Waals surface area contributed by atoms with E-state index in [1.807, 2.05) is 24.2 Å². The number of rotatable bonds is 11. The Kier molecular flexibility index (Phi) is 10.4. The van der Waals surface area contributed by atoms with Crippen molar-refractivity contribution in [1.82, 2.24) is 35.1 Å². The summed E-state index contributed by atoms with van der Waals surface area (Å²) in [5.41, 5.74) is 11.8. The van der Waals surface area contributed by atoms with Gasteiger partial charge in [0.1, 0.15) is 17.7 Å². The van der Waals surface area contributed by atoms with Gasteiger partial charge in [-0.05, 0) is 68.2 Å². The van der Waals surface area contributed by atoms with Crippen LogP contribution in [-0.2, 0) is 14.3 Å². The van der Waals surface area contributed by atoms with Crippen LogP contribution in [0.4, 0.5) is 4.79 Å². The number of benzene rings is 2. The van der Waals surface area contributed by atoms with Gasteiger partial charge in [0.15, 0.2) is 0 Å². The predicted molar refractivity (Wildman–Crippen MR) is 187 cm³/mol. The quantitative estimate of drug-likeness (QED) is 0.149. The Morgan fingerprint density at radius 3 is 1.76 bits per heavy atom. The summed E-state index contributed by atoms with van der Waals surface area (Å²) in [5.74, 6) is 1.34. The Morgan fingerprint density at radius 1 is 0.816 bits per heavy atom. The molecule has 12 nitrogen and oxygen atoms in total. The van der Waals surface area contributed by atoms with E-state index in [4.69, 9.17) is 10.5 Å². The fourth-order valence-electron chi connectivity index (χ4n) is 6.72. The lowest BCUT2D eigenvalue weighted by Crippen LogP contribution is -2.47. The molecule has 6 rings (SSSR count). The number of carbonyl (C=O) groups excluding carboxylic acids is 3.